The van der Waals surface area contributed by atoms with Gasteiger partial charge in [-0.15, -0.1) is 0 Å². The number of nitrogens with zero attached hydrogens (tertiary/aromatic N) is 1. The molecule has 0 atom stereocenters. The van der Waals surface area contributed by atoms with E-state index in [1.807, 2.05) is 11.0 Å². The maximum Gasteiger partial charge on any atom is 0.219 e. The summed E-state index contributed by atoms with van der Waals surface area (Å²) in [5.74, 6) is 0.162. The van der Waals surface area contributed by atoms with Crippen LogP contribution >= 0.6 is 0 Å². The predicted octanol–water partition coefficient (Wildman–Crippen LogP) is 2.01. The van der Waals surface area contributed by atoms with Gasteiger partial charge in [0.2, 0.25) is 5.91 Å². The van der Waals surface area contributed by atoms with E-state index in [1.165, 1.54) is 10.9 Å². The molecule has 0 aliphatic carbocycles. The van der Waals surface area contributed by atoms with Crippen molar-refractivity contribution in [3.8, 4) is 0 Å². The Hall–Kier alpha value is -1.81. The largest absolute Gasteiger partial charge is 0.361 e. The fourth-order valence-electron chi connectivity index (χ4n) is 3.34. The molecule has 4 nitrogen and oxygen atoms in total. The zero-order valence-electron chi connectivity index (χ0n) is 11.9. The third-order valence-corrected chi connectivity index (χ3v) is 4.72. The molecule has 4 heteroatoms. The Labute approximate surface area is 118 Å². The lowest BCUT2D eigenvalue weighted by atomic mass is 9.72. The Kier molecular flexibility index (Phi) is 3.26. The fraction of sp³-hybridized carbons (Fsp3) is 0.438. The Bertz CT molecular complexity index is 623. The number of fused-ring (bicyclic) bond motifs is 1. The summed E-state index contributed by atoms with van der Waals surface area (Å²) < 4.78 is 0. The Morgan fingerprint density at radius 2 is 2.05 bits per heavy atom. The van der Waals surface area contributed by atoms with Crippen LogP contribution in [0.4, 0.5) is 0 Å². The first-order chi connectivity index (χ1) is 9.66. The van der Waals surface area contributed by atoms with Crippen LogP contribution in [0.2, 0.25) is 0 Å². The molecule has 1 fully saturated rings. The molecule has 1 aliphatic rings. The highest BCUT2D eigenvalue weighted by Gasteiger charge is 2.37. The minimum absolute atomic E-state index is 0.00838. The fourth-order valence-corrected chi connectivity index (χ4v) is 3.34. The van der Waals surface area contributed by atoms with E-state index in [0.29, 0.717) is 6.54 Å². The van der Waals surface area contributed by atoms with Gasteiger partial charge < -0.3 is 15.6 Å². The molecular formula is C16H21N3O. The van der Waals surface area contributed by atoms with E-state index < -0.39 is 0 Å². The van der Waals surface area contributed by atoms with Crippen molar-refractivity contribution in [1.82, 2.24) is 9.88 Å². The van der Waals surface area contributed by atoms with E-state index in [4.69, 9.17) is 5.73 Å². The van der Waals surface area contributed by atoms with Crippen molar-refractivity contribution < 1.29 is 4.79 Å². The molecule has 3 N–H and O–H groups in total. The molecule has 1 aromatic carbocycles. The first-order valence-electron chi connectivity index (χ1n) is 7.18. The van der Waals surface area contributed by atoms with Gasteiger partial charge in [-0.05, 0) is 24.5 Å². The van der Waals surface area contributed by atoms with Crippen molar-refractivity contribution in [3.05, 3.63) is 36.0 Å². The summed E-state index contributed by atoms with van der Waals surface area (Å²) >= 11 is 0. The first-order valence-corrected chi connectivity index (χ1v) is 7.18. The summed E-state index contributed by atoms with van der Waals surface area (Å²) in [5, 5.41) is 1.26. The first kappa shape index (κ1) is 13.2. The molecule has 2 heterocycles. The van der Waals surface area contributed by atoms with Crippen molar-refractivity contribution in [3.63, 3.8) is 0 Å². The van der Waals surface area contributed by atoms with Crippen LogP contribution in [0, 0.1) is 0 Å². The third-order valence-electron chi connectivity index (χ3n) is 4.72. The van der Waals surface area contributed by atoms with Gasteiger partial charge in [0.25, 0.3) is 0 Å². The van der Waals surface area contributed by atoms with Crippen molar-refractivity contribution in [2.75, 3.05) is 19.6 Å². The van der Waals surface area contributed by atoms with Crippen LogP contribution in [0.5, 0.6) is 0 Å². The lowest BCUT2D eigenvalue weighted by Crippen LogP contribution is -2.47. The van der Waals surface area contributed by atoms with Crippen LogP contribution < -0.4 is 5.73 Å². The average molecular weight is 271 g/mol. The predicted molar refractivity (Wildman–Crippen MR) is 80.5 cm³/mol. The number of aromatic nitrogens is 1. The molecule has 1 amide bonds. The van der Waals surface area contributed by atoms with Gasteiger partial charge in [-0.25, -0.2) is 0 Å². The van der Waals surface area contributed by atoms with E-state index in [2.05, 4.69) is 29.4 Å². The van der Waals surface area contributed by atoms with Crippen LogP contribution in [0.3, 0.4) is 0 Å². The van der Waals surface area contributed by atoms with E-state index >= 15 is 0 Å². The van der Waals surface area contributed by atoms with Gasteiger partial charge >= 0.3 is 0 Å². The summed E-state index contributed by atoms with van der Waals surface area (Å²) in [6.45, 7) is 3.86. The van der Waals surface area contributed by atoms with E-state index in [9.17, 15) is 4.79 Å². The number of nitrogens with one attached hydrogen (secondary N) is 1. The number of carbonyl (C=O) groups is 1. The number of amides is 1. The maximum atomic E-state index is 11.5. The van der Waals surface area contributed by atoms with Crippen molar-refractivity contribution in [2.45, 2.75) is 25.2 Å². The second-order valence-electron chi connectivity index (χ2n) is 5.74. The minimum Gasteiger partial charge on any atom is -0.361 e. The maximum absolute atomic E-state index is 11.5. The number of likely N-dealkylation sites (tertiary alicyclic amines) is 1. The Morgan fingerprint density at radius 3 is 2.70 bits per heavy atom. The number of carbonyl (C=O) groups excluding carboxylic acids is 1. The smallest absolute Gasteiger partial charge is 0.219 e. The molecule has 1 saturated heterocycles. The molecule has 1 aromatic heterocycles. The summed E-state index contributed by atoms with van der Waals surface area (Å²) in [4.78, 5) is 16.7. The van der Waals surface area contributed by atoms with Gasteiger partial charge in [-0.3, -0.25) is 4.79 Å². The third kappa shape index (κ3) is 2.00. The highest BCUT2D eigenvalue weighted by atomic mass is 16.2. The molecule has 2 aromatic rings. The van der Waals surface area contributed by atoms with Gasteiger partial charge in [-0.2, -0.15) is 0 Å². The zero-order chi connectivity index (χ0) is 14.2. The molecule has 0 saturated carbocycles. The van der Waals surface area contributed by atoms with Gasteiger partial charge in [0.15, 0.2) is 0 Å². The van der Waals surface area contributed by atoms with Crippen LogP contribution in [0.1, 0.15) is 25.3 Å². The molecule has 20 heavy (non-hydrogen) atoms. The summed E-state index contributed by atoms with van der Waals surface area (Å²) in [5.41, 5.74) is 8.58. The molecular weight excluding hydrogens is 250 g/mol. The Morgan fingerprint density at radius 1 is 1.35 bits per heavy atom. The molecule has 1 aliphatic heterocycles. The number of rotatable bonds is 2. The highest BCUT2D eigenvalue weighted by Crippen LogP contribution is 2.38. The minimum atomic E-state index is -0.00838. The highest BCUT2D eigenvalue weighted by molar-refractivity contribution is 5.84. The molecule has 0 unspecified atom stereocenters. The Balaban J connectivity index is 1.96. The number of hydrogen-bond acceptors (Lipinski definition) is 2. The molecule has 106 valence electrons. The van der Waals surface area contributed by atoms with Crippen LogP contribution in [0.15, 0.2) is 30.5 Å². The number of para-hydroxylation sites is 1. The van der Waals surface area contributed by atoms with Crippen molar-refractivity contribution in [1.29, 1.82) is 0 Å². The number of nitrogens with two attached hydrogens (primary N) is 1. The number of aromatic amines is 1. The lowest BCUT2D eigenvalue weighted by Gasteiger charge is -2.41. The summed E-state index contributed by atoms with van der Waals surface area (Å²) in [6.07, 6.45) is 3.97. The second kappa shape index (κ2) is 4.94. The standard InChI is InChI=1S/C16H21N3O/c1-12(20)19-8-6-16(11-17,7-9-19)14-10-18-15-5-3-2-4-13(14)15/h2-5,10,18H,6-9,11,17H2,1H3. The van der Waals surface area contributed by atoms with Crippen LogP contribution in [0.25, 0.3) is 10.9 Å². The van der Waals surface area contributed by atoms with Crippen LogP contribution in [-0.4, -0.2) is 35.4 Å². The molecule has 3 rings (SSSR count). The summed E-state index contributed by atoms with van der Waals surface area (Å²) in [7, 11) is 0. The van der Waals surface area contributed by atoms with Gasteiger partial charge in [0.05, 0.1) is 0 Å². The lowest BCUT2D eigenvalue weighted by molar-refractivity contribution is -0.130. The molecule has 0 spiro atoms. The second-order valence-corrected chi connectivity index (χ2v) is 5.74. The quantitative estimate of drug-likeness (QED) is 0.877. The molecule has 0 radical (unpaired) electrons. The van der Waals surface area contributed by atoms with E-state index in [0.717, 1.165) is 31.4 Å². The van der Waals surface area contributed by atoms with Gasteiger partial charge in [0, 0.05) is 49.1 Å². The molecule has 0 bridgehead atoms. The number of benzene rings is 1. The van der Waals surface area contributed by atoms with E-state index in [1.54, 1.807) is 6.92 Å². The SMILES string of the molecule is CC(=O)N1CCC(CN)(c2c[nH]c3ccccc23)CC1. The van der Waals surface area contributed by atoms with Gasteiger partial charge in [-0.1, -0.05) is 18.2 Å². The number of piperidine rings is 1. The average Bonchev–Trinajstić information content (AvgIpc) is 2.91. The van der Waals surface area contributed by atoms with Crippen LogP contribution in [-0.2, 0) is 10.2 Å². The van der Waals surface area contributed by atoms with Gasteiger partial charge in [0.1, 0.15) is 0 Å². The number of hydrogen-bond donors (Lipinski definition) is 2. The zero-order valence-corrected chi connectivity index (χ0v) is 11.9. The van der Waals surface area contributed by atoms with E-state index in [-0.39, 0.29) is 11.3 Å². The monoisotopic (exact) mass is 271 g/mol. The number of H-pyrrole nitrogens is 1. The topological polar surface area (TPSA) is 62.1 Å². The van der Waals surface area contributed by atoms with Crippen molar-refractivity contribution >= 4 is 16.8 Å². The normalized spacial score (nSPS) is 18.4. The summed E-state index contributed by atoms with van der Waals surface area (Å²) in [6, 6.07) is 8.34. The van der Waals surface area contributed by atoms with Crippen molar-refractivity contribution in [2.24, 2.45) is 5.73 Å².